The van der Waals surface area contributed by atoms with Crippen molar-refractivity contribution in [3.05, 3.63) is 0 Å². The topological polar surface area (TPSA) is 48.1 Å². The lowest BCUT2D eigenvalue weighted by Crippen LogP contribution is -2.22. The van der Waals surface area contributed by atoms with E-state index < -0.39 is 0 Å². The molecule has 0 aromatic rings. The van der Waals surface area contributed by atoms with Crippen molar-refractivity contribution >= 4 is 21.6 Å². The average Bonchev–Trinajstić information content (AvgIpc) is 2.39. The summed E-state index contributed by atoms with van der Waals surface area (Å²) in [5, 5.41) is 13.2. The third-order valence-corrected chi connectivity index (χ3v) is 4.78. The van der Waals surface area contributed by atoms with E-state index in [1.807, 2.05) is 35.7 Å². The second-order valence-electron chi connectivity index (χ2n) is 4.06. The van der Waals surface area contributed by atoms with Gasteiger partial charge in [-0.25, -0.2) is 0 Å². The van der Waals surface area contributed by atoms with Crippen LogP contribution in [0.4, 0.5) is 0 Å². The minimum Gasteiger partial charge on any atom is -0.320 e. The van der Waals surface area contributed by atoms with E-state index in [9.17, 15) is 0 Å². The van der Waals surface area contributed by atoms with E-state index >= 15 is 0 Å². The maximum atomic E-state index is 3.45. The van der Waals surface area contributed by atoms with Crippen LogP contribution in [0.2, 0.25) is 0 Å². The van der Waals surface area contributed by atoms with Crippen LogP contribution in [-0.2, 0) is 0 Å². The van der Waals surface area contributed by atoms with E-state index in [4.69, 9.17) is 0 Å². The summed E-state index contributed by atoms with van der Waals surface area (Å²) in [6, 6.07) is 0. The molecule has 0 unspecified atom stereocenters. The number of hydrogen-bond donors (Lipinski definition) is 4. The maximum absolute atomic E-state index is 3.45. The Bertz CT molecular complexity index is 134. The van der Waals surface area contributed by atoms with Gasteiger partial charge in [0.25, 0.3) is 0 Å². The van der Waals surface area contributed by atoms with Gasteiger partial charge in [0.1, 0.15) is 0 Å². The van der Waals surface area contributed by atoms with Crippen LogP contribution in [0.3, 0.4) is 0 Å². The van der Waals surface area contributed by atoms with Crippen LogP contribution in [0.25, 0.3) is 0 Å². The standard InChI is InChI=1S/C12H30N4S2/c1-13-5-3-7-15-9-11-17-18-12-10-16-8-4-6-14-2/h13-16H,3-12H2,1-2H3. The Hall–Kier alpha value is 0.540. The summed E-state index contributed by atoms with van der Waals surface area (Å²) in [7, 11) is 7.94. The molecule has 0 spiro atoms. The molecule has 110 valence electrons. The van der Waals surface area contributed by atoms with Gasteiger partial charge in [0.15, 0.2) is 0 Å². The molecule has 0 aliphatic carbocycles. The quantitative estimate of drug-likeness (QED) is 0.264. The molecule has 0 fully saturated rings. The average molecular weight is 295 g/mol. The predicted molar refractivity (Wildman–Crippen MR) is 87.7 cm³/mol. The van der Waals surface area contributed by atoms with E-state index in [2.05, 4.69) is 21.3 Å². The third-order valence-electron chi connectivity index (χ3n) is 2.37. The molecule has 0 heterocycles. The fourth-order valence-electron chi connectivity index (χ4n) is 1.38. The van der Waals surface area contributed by atoms with Crippen molar-refractivity contribution in [1.29, 1.82) is 0 Å². The SMILES string of the molecule is CNCCCNCCSSCCNCCCNC. The van der Waals surface area contributed by atoms with Crippen molar-refractivity contribution in [3.63, 3.8) is 0 Å². The number of rotatable bonds is 15. The van der Waals surface area contributed by atoms with Crippen LogP contribution in [-0.4, -0.2) is 64.9 Å². The predicted octanol–water partition coefficient (Wildman–Crippen LogP) is 0.766. The summed E-state index contributed by atoms with van der Waals surface area (Å²) in [5.41, 5.74) is 0. The molecule has 0 aliphatic heterocycles. The maximum Gasteiger partial charge on any atom is 0.0162 e. The molecule has 0 atom stereocenters. The van der Waals surface area contributed by atoms with Gasteiger partial charge in [-0.3, -0.25) is 0 Å². The van der Waals surface area contributed by atoms with Gasteiger partial charge in [0.2, 0.25) is 0 Å². The molecule has 6 heteroatoms. The fourth-order valence-corrected chi connectivity index (χ4v) is 3.27. The first-order chi connectivity index (χ1) is 8.91. The highest BCUT2D eigenvalue weighted by molar-refractivity contribution is 8.76. The van der Waals surface area contributed by atoms with Crippen LogP contribution < -0.4 is 21.3 Å². The molecule has 0 bridgehead atoms. The van der Waals surface area contributed by atoms with Gasteiger partial charge in [-0.05, 0) is 53.1 Å². The highest BCUT2D eigenvalue weighted by Gasteiger charge is 1.92. The second kappa shape index (κ2) is 17.5. The first-order valence-corrected chi connectivity index (χ1v) is 9.35. The van der Waals surface area contributed by atoms with Crippen molar-refractivity contribution in [1.82, 2.24) is 21.3 Å². The molecule has 4 nitrogen and oxygen atoms in total. The van der Waals surface area contributed by atoms with Crippen LogP contribution in [0.15, 0.2) is 0 Å². The normalized spacial score (nSPS) is 11.0. The van der Waals surface area contributed by atoms with Gasteiger partial charge in [-0.2, -0.15) is 0 Å². The lowest BCUT2D eigenvalue weighted by atomic mass is 10.4. The Kier molecular flexibility index (Phi) is 18.1. The monoisotopic (exact) mass is 294 g/mol. The van der Waals surface area contributed by atoms with Gasteiger partial charge in [0.05, 0.1) is 0 Å². The second-order valence-corrected chi connectivity index (χ2v) is 6.76. The van der Waals surface area contributed by atoms with Crippen molar-refractivity contribution in [3.8, 4) is 0 Å². The Morgan fingerprint density at radius 1 is 0.611 bits per heavy atom. The Morgan fingerprint density at radius 2 is 1.06 bits per heavy atom. The summed E-state index contributed by atoms with van der Waals surface area (Å²) >= 11 is 0. The lowest BCUT2D eigenvalue weighted by Gasteiger charge is -2.05. The van der Waals surface area contributed by atoms with Crippen molar-refractivity contribution in [2.75, 3.05) is 64.9 Å². The number of hydrogen-bond acceptors (Lipinski definition) is 6. The summed E-state index contributed by atoms with van der Waals surface area (Å²) in [6.07, 6.45) is 2.43. The zero-order valence-electron chi connectivity index (χ0n) is 11.9. The Balaban J connectivity index is 2.86. The lowest BCUT2D eigenvalue weighted by molar-refractivity contribution is 0.644. The molecule has 0 amide bonds. The molecule has 0 rings (SSSR count). The Morgan fingerprint density at radius 3 is 1.44 bits per heavy atom. The molecule has 0 radical (unpaired) electrons. The van der Waals surface area contributed by atoms with Gasteiger partial charge < -0.3 is 21.3 Å². The van der Waals surface area contributed by atoms with Gasteiger partial charge in [-0.15, -0.1) is 0 Å². The molecular formula is C12H30N4S2. The van der Waals surface area contributed by atoms with Gasteiger partial charge in [-0.1, -0.05) is 21.6 Å². The molecule has 0 aromatic carbocycles. The van der Waals surface area contributed by atoms with Gasteiger partial charge >= 0.3 is 0 Å². The largest absolute Gasteiger partial charge is 0.320 e. The molecular weight excluding hydrogens is 264 g/mol. The van der Waals surface area contributed by atoms with E-state index in [0.29, 0.717) is 0 Å². The summed E-state index contributed by atoms with van der Waals surface area (Å²) in [5.74, 6) is 2.40. The van der Waals surface area contributed by atoms with Crippen LogP contribution in [0.5, 0.6) is 0 Å². The van der Waals surface area contributed by atoms with E-state index in [0.717, 1.165) is 39.3 Å². The smallest absolute Gasteiger partial charge is 0.0162 e. The first kappa shape index (κ1) is 18.5. The van der Waals surface area contributed by atoms with Crippen molar-refractivity contribution in [2.24, 2.45) is 0 Å². The van der Waals surface area contributed by atoms with E-state index in [1.165, 1.54) is 24.3 Å². The summed E-state index contributed by atoms with van der Waals surface area (Å²) in [6.45, 7) is 6.70. The van der Waals surface area contributed by atoms with E-state index in [1.54, 1.807) is 0 Å². The Labute approximate surface area is 121 Å². The molecule has 0 aromatic heterocycles. The molecule has 0 aliphatic rings. The molecule has 4 N–H and O–H groups in total. The van der Waals surface area contributed by atoms with Crippen LogP contribution in [0.1, 0.15) is 12.8 Å². The van der Waals surface area contributed by atoms with Gasteiger partial charge in [0, 0.05) is 24.6 Å². The molecule has 18 heavy (non-hydrogen) atoms. The third kappa shape index (κ3) is 16.5. The van der Waals surface area contributed by atoms with Crippen LogP contribution >= 0.6 is 21.6 Å². The minimum atomic E-state index is 1.11. The highest BCUT2D eigenvalue weighted by atomic mass is 33.1. The zero-order chi connectivity index (χ0) is 13.3. The zero-order valence-corrected chi connectivity index (χ0v) is 13.5. The molecule has 0 saturated heterocycles. The van der Waals surface area contributed by atoms with Crippen LogP contribution in [0, 0.1) is 0 Å². The molecule has 0 saturated carbocycles. The van der Waals surface area contributed by atoms with Crippen molar-refractivity contribution < 1.29 is 0 Å². The summed E-state index contributed by atoms with van der Waals surface area (Å²) in [4.78, 5) is 0. The first-order valence-electron chi connectivity index (χ1n) is 6.87. The highest BCUT2D eigenvalue weighted by Crippen LogP contribution is 2.19. The number of nitrogens with one attached hydrogen (secondary N) is 4. The summed E-state index contributed by atoms with van der Waals surface area (Å²) < 4.78 is 0. The fraction of sp³-hybridized carbons (Fsp3) is 1.00. The van der Waals surface area contributed by atoms with Crippen molar-refractivity contribution in [2.45, 2.75) is 12.8 Å². The minimum absolute atomic E-state index is 1.11. The van der Waals surface area contributed by atoms with E-state index in [-0.39, 0.29) is 0 Å².